The number of fused-ring (bicyclic) bond motifs is 1. The molecule has 10 heteroatoms. The van der Waals surface area contributed by atoms with Gasteiger partial charge in [-0.15, -0.1) is 11.3 Å². The van der Waals surface area contributed by atoms with E-state index in [1.165, 1.54) is 36.9 Å². The molecule has 0 saturated heterocycles. The van der Waals surface area contributed by atoms with Crippen LogP contribution in [0.4, 0.5) is 13.9 Å². The first-order valence-electron chi connectivity index (χ1n) is 8.76. The molecule has 3 aromatic heterocycles. The summed E-state index contributed by atoms with van der Waals surface area (Å²) in [4.78, 5) is 26.4. The summed E-state index contributed by atoms with van der Waals surface area (Å²) in [7, 11) is 1.42. The van der Waals surface area contributed by atoms with Gasteiger partial charge >= 0.3 is 0 Å². The third-order valence-electron chi connectivity index (χ3n) is 4.48. The number of methoxy groups -OCH3 is 1. The highest BCUT2D eigenvalue weighted by Gasteiger charge is 2.22. The predicted molar refractivity (Wildman–Crippen MR) is 104 cm³/mol. The van der Waals surface area contributed by atoms with Crippen LogP contribution in [0.25, 0.3) is 11.1 Å². The number of ether oxygens (including phenoxy) is 1. The second-order valence-corrected chi connectivity index (χ2v) is 7.51. The molecule has 0 bridgehead atoms. The second kappa shape index (κ2) is 7.80. The highest BCUT2D eigenvalue weighted by Crippen LogP contribution is 2.35. The van der Waals surface area contributed by atoms with Gasteiger partial charge in [-0.25, -0.2) is 13.8 Å². The van der Waals surface area contributed by atoms with E-state index in [1.807, 2.05) is 0 Å². The number of amides is 1. The lowest BCUT2D eigenvalue weighted by Crippen LogP contribution is -2.14. The highest BCUT2D eigenvalue weighted by atomic mass is 32.1. The minimum Gasteiger partial charge on any atom is -0.494 e. The van der Waals surface area contributed by atoms with Gasteiger partial charge in [0, 0.05) is 41.0 Å². The summed E-state index contributed by atoms with van der Waals surface area (Å²) < 4.78 is 31.7. The van der Waals surface area contributed by atoms with Crippen molar-refractivity contribution in [3.05, 3.63) is 52.0 Å². The van der Waals surface area contributed by atoms with Crippen molar-refractivity contribution in [2.45, 2.75) is 26.4 Å². The molecule has 0 unspecified atom stereocenters. The van der Waals surface area contributed by atoms with E-state index in [0.29, 0.717) is 28.5 Å². The summed E-state index contributed by atoms with van der Waals surface area (Å²) in [6.07, 6.45) is -0.0941. The Hall–Kier alpha value is -2.98. The largest absolute Gasteiger partial charge is 0.494 e. The molecule has 0 atom stereocenters. The van der Waals surface area contributed by atoms with Crippen LogP contribution in [-0.2, 0) is 13.1 Å². The molecule has 0 saturated carbocycles. The van der Waals surface area contributed by atoms with Gasteiger partial charge in [-0.1, -0.05) is 0 Å². The summed E-state index contributed by atoms with van der Waals surface area (Å²) >= 11 is 1.40. The molecule has 0 spiro atoms. The Balaban J connectivity index is 1.74. The van der Waals surface area contributed by atoms with Crippen molar-refractivity contribution >= 4 is 22.4 Å². The number of hydrogen-bond donors (Lipinski definition) is 2. The summed E-state index contributed by atoms with van der Waals surface area (Å²) in [5.41, 5.74) is 2.17. The van der Waals surface area contributed by atoms with Crippen LogP contribution in [0.5, 0.6) is 5.75 Å². The molecule has 0 fully saturated rings. The Bertz CT molecular complexity index is 1060. The van der Waals surface area contributed by atoms with Gasteiger partial charge in [0.2, 0.25) is 0 Å². The van der Waals surface area contributed by atoms with Gasteiger partial charge in [0.1, 0.15) is 11.4 Å². The van der Waals surface area contributed by atoms with Crippen LogP contribution in [0.1, 0.15) is 38.7 Å². The Morgan fingerprint density at radius 3 is 2.79 bits per heavy atom. The van der Waals surface area contributed by atoms with Crippen LogP contribution in [0.15, 0.2) is 24.5 Å². The minimum absolute atomic E-state index is 0.230. The fraction of sp³-hybridized carbons (Fsp3) is 0.263. The van der Waals surface area contributed by atoms with Crippen LogP contribution in [-0.4, -0.2) is 28.0 Å². The average Bonchev–Trinajstić information content (AvgIpc) is 3.28. The number of halogens is 2. The molecule has 4 rings (SSSR count). The molecule has 7 nitrogen and oxygen atoms in total. The molecule has 29 heavy (non-hydrogen) atoms. The van der Waals surface area contributed by atoms with E-state index < -0.39 is 18.0 Å². The second-order valence-electron chi connectivity index (χ2n) is 6.43. The number of anilines is 1. The predicted octanol–water partition coefficient (Wildman–Crippen LogP) is 3.71. The first kappa shape index (κ1) is 19.3. The minimum atomic E-state index is -2.74. The summed E-state index contributed by atoms with van der Waals surface area (Å²) in [5.74, 6) is -0.140. The van der Waals surface area contributed by atoms with E-state index in [-0.39, 0.29) is 11.3 Å². The number of pyridine rings is 2. The van der Waals surface area contributed by atoms with Gasteiger partial charge in [-0.3, -0.25) is 20.1 Å². The van der Waals surface area contributed by atoms with E-state index in [4.69, 9.17) is 4.74 Å². The van der Waals surface area contributed by atoms with E-state index in [1.54, 1.807) is 13.0 Å². The summed E-state index contributed by atoms with van der Waals surface area (Å²) in [5, 5.41) is 6.47. The zero-order valence-corrected chi connectivity index (χ0v) is 16.4. The quantitative estimate of drug-likeness (QED) is 0.658. The number of hydrogen-bond acceptors (Lipinski definition) is 7. The molecule has 2 N–H and O–H groups in total. The van der Waals surface area contributed by atoms with Crippen LogP contribution >= 0.6 is 11.3 Å². The third-order valence-corrected chi connectivity index (χ3v) is 5.50. The molecular formula is C19H17F2N5O2S. The topological polar surface area (TPSA) is 89.0 Å². The number of rotatable bonds is 5. The van der Waals surface area contributed by atoms with Crippen molar-refractivity contribution in [2.75, 3.05) is 12.4 Å². The van der Waals surface area contributed by atoms with Crippen molar-refractivity contribution in [1.82, 2.24) is 20.3 Å². The molecule has 0 aliphatic carbocycles. The van der Waals surface area contributed by atoms with Gasteiger partial charge < -0.3 is 10.1 Å². The zero-order chi connectivity index (χ0) is 20.5. The fourth-order valence-corrected chi connectivity index (χ4v) is 4.03. The maximum absolute atomic E-state index is 13.2. The molecule has 0 aromatic carbocycles. The number of nitrogens with zero attached hydrogens (tertiary/aromatic N) is 3. The Morgan fingerprint density at radius 2 is 2.07 bits per heavy atom. The van der Waals surface area contributed by atoms with Crippen LogP contribution in [0.2, 0.25) is 0 Å². The van der Waals surface area contributed by atoms with Gasteiger partial charge in [0.05, 0.1) is 24.6 Å². The standard InChI is InChI=1S/C19H17F2N5O2S/c1-9-3-10(11-4-13(17(20)21)24-7-15(11)28-2)12(5-23-9)18(27)26-19-25-14-6-22-8-16(14)29-19/h3-5,7,17,22H,6,8H2,1-2H3,(H,25,26,27). The smallest absolute Gasteiger partial charge is 0.280 e. The number of thiazole rings is 1. The maximum atomic E-state index is 13.2. The van der Waals surface area contributed by atoms with Gasteiger partial charge in [-0.2, -0.15) is 0 Å². The van der Waals surface area contributed by atoms with E-state index >= 15 is 0 Å². The first-order valence-corrected chi connectivity index (χ1v) is 9.57. The molecule has 4 heterocycles. The van der Waals surface area contributed by atoms with E-state index in [0.717, 1.165) is 17.1 Å². The van der Waals surface area contributed by atoms with Crippen LogP contribution in [0.3, 0.4) is 0 Å². The number of aromatic nitrogens is 3. The highest BCUT2D eigenvalue weighted by molar-refractivity contribution is 7.15. The number of nitrogens with one attached hydrogen (secondary N) is 2. The van der Waals surface area contributed by atoms with E-state index in [9.17, 15) is 13.6 Å². The fourth-order valence-electron chi connectivity index (χ4n) is 3.09. The average molecular weight is 417 g/mol. The number of carbonyl (C=O) groups is 1. The van der Waals surface area contributed by atoms with Gasteiger partial charge in [0.15, 0.2) is 5.13 Å². The van der Waals surface area contributed by atoms with Crippen molar-refractivity contribution in [3.8, 4) is 16.9 Å². The number of alkyl halides is 2. The van der Waals surface area contributed by atoms with Crippen molar-refractivity contribution in [1.29, 1.82) is 0 Å². The zero-order valence-electron chi connectivity index (χ0n) is 15.6. The monoisotopic (exact) mass is 417 g/mol. The molecule has 1 amide bonds. The maximum Gasteiger partial charge on any atom is 0.280 e. The summed E-state index contributed by atoms with van der Waals surface area (Å²) in [6, 6.07) is 2.90. The molecule has 150 valence electrons. The third kappa shape index (κ3) is 3.81. The van der Waals surface area contributed by atoms with Crippen LogP contribution < -0.4 is 15.4 Å². The number of aryl methyl sites for hydroxylation is 1. The molecule has 1 aliphatic heterocycles. The summed E-state index contributed by atoms with van der Waals surface area (Å²) in [6.45, 7) is 3.15. The normalized spacial score (nSPS) is 12.9. The Morgan fingerprint density at radius 1 is 1.24 bits per heavy atom. The first-order chi connectivity index (χ1) is 14.0. The lowest BCUT2D eigenvalue weighted by molar-refractivity contribution is 0.102. The van der Waals surface area contributed by atoms with Gasteiger partial charge in [-0.05, 0) is 19.1 Å². The van der Waals surface area contributed by atoms with Crippen molar-refractivity contribution < 1.29 is 18.3 Å². The molecule has 0 radical (unpaired) electrons. The Kier molecular flexibility index (Phi) is 5.20. The molecular weight excluding hydrogens is 400 g/mol. The van der Waals surface area contributed by atoms with Crippen molar-refractivity contribution in [2.24, 2.45) is 0 Å². The number of carbonyl (C=O) groups excluding carboxylic acids is 1. The lowest BCUT2D eigenvalue weighted by Gasteiger charge is -2.14. The lowest BCUT2D eigenvalue weighted by atomic mass is 9.99. The molecule has 1 aliphatic rings. The van der Waals surface area contributed by atoms with Crippen LogP contribution in [0, 0.1) is 6.92 Å². The SMILES string of the molecule is COc1cnc(C(F)F)cc1-c1cc(C)ncc1C(=O)Nc1nc2c(s1)CNC2. The van der Waals surface area contributed by atoms with E-state index in [2.05, 4.69) is 25.6 Å². The Labute approximate surface area is 169 Å². The van der Waals surface area contributed by atoms with Gasteiger partial charge in [0.25, 0.3) is 12.3 Å². The van der Waals surface area contributed by atoms with Crippen molar-refractivity contribution in [3.63, 3.8) is 0 Å². The molecule has 3 aromatic rings.